The zero-order valence-corrected chi connectivity index (χ0v) is 13.1. The van der Waals surface area contributed by atoms with Gasteiger partial charge in [0.1, 0.15) is 0 Å². The Morgan fingerprint density at radius 2 is 1.43 bits per heavy atom. The van der Waals surface area contributed by atoms with E-state index in [2.05, 4.69) is 13.8 Å². The number of nitrogens with zero attached hydrogens (tertiary/aromatic N) is 1. The van der Waals surface area contributed by atoms with Gasteiger partial charge in [0.15, 0.2) is 0 Å². The van der Waals surface area contributed by atoms with Gasteiger partial charge in [-0.15, -0.1) is 0 Å². The summed E-state index contributed by atoms with van der Waals surface area (Å²) in [5.41, 5.74) is 5.33. The van der Waals surface area contributed by atoms with Crippen molar-refractivity contribution in [1.29, 1.82) is 0 Å². The second kappa shape index (κ2) is 4.83. The van der Waals surface area contributed by atoms with Crippen LogP contribution in [0.4, 0.5) is 5.69 Å². The summed E-state index contributed by atoms with van der Waals surface area (Å²) in [4.78, 5) is 26.9. The van der Waals surface area contributed by atoms with E-state index in [1.807, 2.05) is 32.0 Å². The molecule has 110 valence electrons. The lowest BCUT2D eigenvalue weighted by molar-refractivity contribution is -0.122. The Morgan fingerprint density at radius 3 is 1.95 bits per heavy atom. The molecule has 3 nitrogen and oxygen atoms in total. The molecule has 3 heteroatoms. The van der Waals surface area contributed by atoms with Gasteiger partial charge in [-0.1, -0.05) is 23.3 Å². The third-order valence-electron chi connectivity index (χ3n) is 4.95. The minimum Gasteiger partial charge on any atom is -0.274 e. The van der Waals surface area contributed by atoms with Gasteiger partial charge in [-0.05, 0) is 57.7 Å². The molecular weight excluding hydrogens is 262 g/mol. The molecular formula is C18H21NO2. The predicted molar refractivity (Wildman–Crippen MR) is 83.0 cm³/mol. The Kier molecular flexibility index (Phi) is 3.23. The van der Waals surface area contributed by atoms with Crippen LogP contribution in [0.1, 0.15) is 37.8 Å². The summed E-state index contributed by atoms with van der Waals surface area (Å²) >= 11 is 0. The Bertz CT molecular complexity index is 640. The number of anilines is 1. The molecule has 3 rings (SSSR count). The van der Waals surface area contributed by atoms with Crippen molar-refractivity contribution >= 4 is 17.5 Å². The van der Waals surface area contributed by atoms with Crippen LogP contribution in [-0.4, -0.2) is 11.8 Å². The molecule has 0 aromatic heterocycles. The summed E-state index contributed by atoms with van der Waals surface area (Å²) < 4.78 is 0. The van der Waals surface area contributed by atoms with Crippen LogP contribution >= 0.6 is 0 Å². The first-order valence-corrected chi connectivity index (χ1v) is 7.50. The molecule has 0 N–H and O–H groups in total. The number of allylic oxidation sites excluding steroid dienone is 2. The number of amides is 2. The van der Waals surface area contributed by atoms with Gasteiger partial charge >= 0.3 is 0 Å². The summed E-state index contributed by atoms with van der Waals surface area (Å²) in [6, 6.07) is 5.92. The molecule has 1 aliphatic heterocycles. The van der Waals surface area contributed by atoms with Gasteiger partial charge < -0.3 is 0 Å². The highest BCUT2D eigenvalue weighted by atomic mass is 16.2. The smallest absolute Gasteiger partial charge is 0.238 e. The van der Waals surface area contributed by atoms with Crippen molar-refractivity contribution in [3.8, 4) is 0 Å². The number of imide groups is 1. The molecule has 0 bridgehead atoms. The van der Waals surface area contributed by atoms with Crippen LogP contribution in [0.5, 0.6) is 0 Å². The van der Waals surface area contributed by atoms with Crippen molar-refractivity contribution in [2.75, 3.05) is 4.90 Å². The first-order valence-electron chi connectivity index (χ1n) is 7.50. The van der Waals surface area contributed by atoms with E-state index >= 15 is 0 Å². The second-order valence-electron chi connectivity index (χ2n) is 6.48. The average Bonchev–Trinajstić information content (AvgIpc) is 2.66. The number of benzene rings is 1. The molecule has 2 amide bonds. The number of carbonyl (C=O) groups is 2. The highest BCUT2D eigenvalue weighted by Crippen LogP contribution is 2.42. The standard InChI is InChI=1S/C18H21NO2/c1-10-5-6-11(2)16(7-10)19-17(20)14-8-12(3)13(4)9-15(14)18(19)21/h5-7,14-15H,8-9H2,1-4H3/t14-,15-/m1/s1. The maximum atomic E-state index is 12.7. The molecule has 1 saturated heterocycles. The first-order chi connectivity index (χ1) is 9.90. The molecule has 1 aromatic carbocycles. The largest absolute Gasteiger partial charge is 0.274 e. The minimum atomic E-state index is -0.166. The molecule has 2 atom stereocenters. The molecule has 0 radical (unpaired) electrons. The van der Waals surface area contributed by atoms with Crippen LogP contribution < -0.4 is 4.90 Å². The highest BCUT2D eigenvalue weighted by Gasteiger charge is 2.49. The highest BCUT2D eigenvalue weighted by molar-refractivity contribution is 6.22. The monoisotopic (exact) mass is 283 g/mol. The van der Waals surface area contributed by atoms with E-state index < -0.39 is 0 Å². The minimum absolute atomic E-state index is 0.0226. The van der Waals surface area contributed by atoms with Crippen LogP contribution in [0, 0.1) is 25.7 Å². The molecule has 1 aliphatic carbocycles. The average molecular weight is 283 g/mol. The van der Waals surface area contributed by atoms with Gasteiger partial charge in [0.25, 0.3) is 0 Å². The Morgan fingerprint density at radius 1 is 0.905 bits per heavy atom. The van der Waals surface area contributed by atoms with Crippen molar-refractivity contribution in [1.82, 2.24) is 0 Å². The molecule has 1 aromatic rings. The topological polar surface area (TPSA) is 37.4 Å². The van der Waals surface area contributed by atoms with Gasteiger partial charge in [0, 0.05) is 0 Å². The van der Waals surface area contributed by atoms with E-state index in [1.165, 1.54) is 16.0 Å². The SMILES string of the molecule is CC1=C(C)C[C@H]2C(=O)N(c3cc(C)ccc3C)C(=O)[C@@H]2C1. The maximum absolute atomic E-state index is 12.7. The van der Waals surface area contributed by atoms with Crippen molar-refractivity contribution < 1.29 is 9.59 Å². The first kappa shape index (κ1) is 14.1. The molecule has 1 fully saturated rings. The van der Waals surface area contributed by atoms with E-state index in [0.29, 0.717) is 0 Å². The third-order valence-corrected chi connectivity index (χ3v) is 4.95. The normalized spacial score (nSPS) is 25.6. The molecule has 2 aliphatic rings. The van der Waals surface area contributed by atoms with Crippen LogP contribution in [0.2, 0.25) is 0 Å². The zero-order chi connectivity index (χ0) is 15.3. The van der Waals surface area contributed by atoms with Crippen molar-refractivity contribution in [2.45, 2.75) is 40.5 Å². The van der Waals surface area contributed by atoms with Crippen molar-refractivity contribution in [3.05, 3.63) is 40.5 Å². The number of hydrogen-bond acceptors (Lipinski definition) is 2. The number of hydrogen-bond donors (Lipinski definition) is 0. The lowest BCUT2D eigenvalue weighted by Crippen LogP contribution is -2.31. The predicted octanol–water partition coefficient (Wildman–Crippen LogP) is 3.54. The summed E-state index contributed by atoms with van der Waals surface area (Å²) in [6.45, 7) is 8.08. The lowest BCUT2D eigenvalue weighted by atomic mass is 9.78. The maximum Gasteiger partial charge on any atom is 0.238 e. The Balaban J connectivity index is 2.02. The van der Waals surface area contributed by atoms with Gasteiger partial charge in [0.2, 0.25) is 11.8 Å². The third kappa shape index (κ3) is 2.11. The fraction of sp³-hybridized carbons (Fsp3) is 0.444. The number of aryl methyl sites for hydroxylation is 2. The number of fused-ring (bicyclic) bond motifs is 1. The van der Waals surface area contributed by atoms with E-state index in [9.17, 15) is 9.59 Å². The summed E-state index contributed by atoms with van der Waals surface area (Å²) in [6.07, 6.45) is 1.45. The Labute approximate surface area is 125 Å². The summed E-state index contributed by atoms with van der Waals surface area (Å²) in [5, 5.41) is 0. The quantitative estimate of drug-likeness (QED) is 0.584. The van der Waals surface area contributed by atoms with E-state index in [0.717, 1.165) is 29.7 Å². The fourth-order valence-electron chi connectivity index (χ4n) is 3.45. The van der Waals surface area contributed by atoms with Crippen LogP contribution in [0.3, 0.4) is 0 Å². The fourth-order valence-corrected chi connectivity index (χ4v) is 3.45. The number of carbonyl (C=O) groups excluding carboxylic acids is 2. The molecule has 0 spiro atoms. The molecule has 0 unspecified atom stereocenters. The van der Waals surface area contributed by atoms with Crippen LogP contribution in [0.25, 0.3) is 0 Å². The van der Waals surface area contributed by atoms with Gasteiger partial charge in [-0.3, -0.25) is 9.59 Å². The van der Waals surface area contributed by atoms with E-state index in [4.69, 9.17) is 0 Å². The zero-order valence-electron chi connectivity index (χ0n) is 13.1. The summed E-state index contributed by atoms with van der Waals surface area (Å²) in [5.74, 6) is -0.377. The van der Waals surface area contributed by atoms with Crippen LogP contribution in [-0.2, 0) is 9.59 Å². The molecule has 0 saturated carbocycles. The van der Waals surface area contributed by atoms with Crippen LogP contribution in [0.15, 0.2) is 29.3 Å². The lowest BCUT2D eigenvalue weighted by Gasteiger charge is -2.23. The van der Waals surface area contributed by atoms with Gasteiger partial charge in [-0.25, -0.2) is 4.90 Å². The second-order valence-corrected chi connectivity index (χ2v) is 6.48. The van der Waals surface area contributed by atoms with E-state index in [-0.39, 0.29) is 23.7 Å². The van der Waals surface area contributed by atoms with Crippen molar-refractivity contribution in [3.63, 3.8) is 0 Å². The Hall–Kier alpha value is -1.90. The molecule has 1 heterocycles. The van der Waals surface area contributed by atoms with E-state index in [1.54, 1.807) is 0 Å². The summed E-state index contributed by atoms with van der Waals surface area (Å²) in [7, 11) is 0. The number of rotatable bonds is 1. The van der Waals surface area contributed by atoms with Gasteiger partial charge in [-0.2, -0.15) is 0 Å². The van der Waals surface area contributed by atoms with Gasteiger partial charge in [0.05, 0.1) is 17.5 Å². The molecule has 21 heavy (non-hydrogen) atoms. The van der Waals surface area contributed by atoms with Crippen molar-refractivity contribution in [2.24, 2.45) is 11.8 Å².